The van der Waals surface area contributed by atoms with Crippen molar-refractivity contribution in [2.75, 3.05) is 25.1 Å². The molecule has 0 atom stereocenters. The van der Waals surface area contributed by atoms with Gasteiger partial charge in [-0.05, 0) is 25.5 Å². The SMILES string of the molecule is CCOCCCNC(=O)C(=O)Nc1cccnc1Cl. The number of nitrogens with zero attached hydrogens (tertiary/aromatic N) is 1. The Labute approximate surface area is 116 Å². The third-order valence-electron chi connectivity index (χ3n) is 2.17. The summed E-state index contributed by atoms with van der Waals surface area (Å²) in [7, 11) is 0. The van der Waals surface area contributed by atoms with Gasteiger partial charge in [0, 0.05) is 26.0 Å². The fourth-order valence-corrected chi connectivity index (χ4v) is 1.43. The molecule has 0 saturated carbocycles. The van der Waals surface area contributed by atoms with Crippen molar-refractivity contribution in [2.45, 2.75) is 13.3 Å². The molecule has 0 aliphatic rings. The van der Waals surface area contributed by atoms with E-state index in [9.17, 15) is 9.59 Å². The van der Waals surface area contributed by atoms with Crippen molar-refractivity contribution < 1.29 is 14.3 Å². The Kier molecular flexibility index (Phi) is 6.84. The van der Waals surface area contributed by atoms with Crippen molar-refractivity contribution >= 4 is 29.1 Å². The molecule has 1 rings (SSSR count). The third kappa shape index (κ3) is 5.67. The molecule has 0 unspecified atom stereocenters. The molecule has 0 fully saturated rings. The first kappa shape index (κ1) is 15.4. The van der Waals surface area contributed by atoms with Crippen LogP contribution in [0.3, 0.4) is 0 Å². The van der Waals surface area contributed by atoms with Gasteiger partial charge in [-0.15, -0.1) is 0 Å². The fraction of sp³-hybridized carbons (Fsp3) is 0.417. The Morgan fingerprint density at radius 3 is 2.89 bits per heavy atom. The van der Waals surface area contributed by atoms with Crippen molar-refractivity contribution in [3.8, 4) is 0 Å². The third-order valence-corrected chi connectivity index (χ3v) is 2.47. The van der Waals surface area contributed by atoms with Gasteiger partial charge in [-0.25, -0.2) is 4.98 Å². The van der Waals surface area contributed by atoms with Crippen LogP contribution in [0.15, 0.2) is 18.3 Å². The van der Waals surface area contributed by atoms with E-state index in [4.69, 9.17) is 16.3 Å². The van der Waals surface area contributed by atoms with Crippen LogP contribution in [-0.2, 0) is 14.3 Å². The molecule has 19 heavy (non-hydrogen) atoms. The zero-order chi connectivity index (χ0) is 14.1. The lowest BCUT2D eigenvalue weighted by molar-refractivity contribution is -0.136. The van der Waals surface area contributed by atoms with Crippen LogP contribution in [0.1, 0.15) is 13.3 Å². The monoisotopic (exact) mass is 285 g/mol. The minimum Gasteiger partial charge on any atom is -0.382 e. The molecule has 1 aromatic rings. The van der Waals surface area contributed by atoms with Gasteiger partial charge in [0.1, 0.15) is 0 Å². The number of amides is 2. The minimum absolute atomic E-state index is 0.139. The number of nitrogens with one attached hydrogen (secondary N) is 2. The van der Waals surface area contributed by atoms with Gasteiger partial charge in [0.2, 0.25) is 0 Å². The first-order valence-electron chi connectivity index (χ1n) is 5.92. The molecule has 1 heterocycles. The van der Waals surface area contributed by atoms with Crippen molar-refractivity contribution in [2.24, 2.45) is 0 Å². The van der Waals surface area contributed by atoms with Gasteiger partial charge < -0.3 is 15.4 Å². The highest BCUT2D eigenvalue weighted by molar-refractivity contribution is 6.41. The lowest BCUT2D eigenvalue weighted by atomic mass is 10.4. The predicted octanol–water partition coefficient (Wildman–Crippen LogP) is 1.22. The summed E-state index contributed by atoms with van der Waals surface area (Å²) in [5.41, 5.74) is 0.304. The molecule has 0 spiro atoms. The lowest BCUT2D eigenvalue weighted by Crippen LogP contribution is -2.36. The Morgan fingerprint density at radius 1 is 1.42 bits per heavy atom. The maximum absolute atomic E-state index is 11.5. The van der Waals surface area contributed by atoms with E-state index in [1.54, 1.807) is 12.1 Å². The van der Waals surface area contributed by atoms with E-state index in [0.717, 1.165) is 0 Å². The molecule has 2 amide bonds. The number of carbonyl (C=O) groups excluding carboxylic acids is 2. The van der Waals surface area contributed by atoms with Crippen LogP contribution in [0.2, 0.25) is 5.15 Å². The molecule has 0 aliphatic heterocycles. The Hall–Kier alpha value is -1.66. The topological polar surface area (TPSA) is 80.3 Å². The Morgan fingerprint density at radius 2 is 2.21 bits per heavy atom. The molecular formula is C12H16ClN3O3. The number of rotatable bonds is 6. The van der Waals surface area contributed by atoms with E-state index in [2.05, 4.69) is 15.6 Å². The van der Waals surface area contributed by atoms with Gasteiger partial charge >= 0.3 is 11.8 Å². The summed E-state index contributed by atoms with van der Waals surface area (Å²) in [4.78, 5) is 26.8. The van der Waals surface area contributed by atoms with Crippen LogP contribution in [0.4, 0.5) is 5.69 Å². The first-order valence-corrected chi connectivity index (χ1v) is 6.30. The van der Waals surface area contributed by atoms with E-state index in [0.29, 0.717) is 31.9 Å². The summed E-state index contributed by atoms with van der Waals surface area (Å²) in [6.07, 6.45) is 2.15. The molecule has 104 valence electrons. The summed E-state index contributed by atoms with van der Waals surface area (Å²) >= 11 is 5.76. The lowest BCUT2D eigenvalue weighted by Gasteiger charge is -2.07. The van der Waals surface area contributed by atoms with Gasteiger partial charge in [-0.1, -0.05) is 11.6 Å². The van der Waals surface area contributed by atoms with Gasteiger partial charge in [-0.2, -0.15) is 0 Å². The Bertz CT molecular complexity index is 440. The zero-order valence-corrected chi connectivity index (χ0v) is 11.4. The molecule has 0 aliphatic carbocycles. The highest BCUT2D eigenvalue weighted by Crippen LogP contribution is 2.16. The summed E-state index contributed by atoms with van der Waals surface area (Å²) in [5, 5.41) is 5.01. The van der Waals surface area contributed by atoms with Gasteiger partial charge in [0.05, 0.1) is 5.69 Å². The molecular weight excluding hydrogens is 270 g/mol. The summed E-state index contributed by atoms with van der Waals surface area (Å²) in [6.45, 7) is 3.46. The number of anilines is 1. The van der Waals surface area contributed by atoms with Crippen molar-refractivity contribution in [3.05, 3.63) is 23.5 Å². The molecule has 0 bridgehead atoms. The van der Waals surface area contributed by atoms with E-state index < -0.39 is 11.8 Å². The van der Waals surface area contributed by atoms with Gasteiger partial charge in [0.25, 0.3) is 0 Å². The average molecular weight is 286 g/mol. The predicted molar refractivity (Wildman–Crippen MR) is 72.0 cm³/mol. The smallest absolute Gasteiger partial charge is 0.313 e. The summed E-state index contributed by atoms with van der Waals surface area (Å²) < 4.78 is 5.11. The standard InChI is InChI=1S/C12H16ClN3O3/c1-2-19-8-4-7-15-11(17)12(18)16-9-5-3-6-14-10(9)13/h3,5-6H,2,4,7-8H2,1H3,(H,15,17)(H,16,18). The second-order valence-corrected chi connectivity index (χ2v) is 3.96. The number of pyridine rings is 1. The normalized spacial score (nSPS) is 10.0. The summed E-state index contributed by atoms with van der Waals surface area (Å²) in [6, 6.07) is 3.18. The highest BCUT2D eigenvalue weighted by atomic mass is 35.5. The van der Waals surface area contributed by atoms with Crippen molar-refractivity contribution in [1.82, 2.24) is 10.3 Å². The quantitative estimate of drug-likeness (QED) is 0.468. The van der Waals surface area contributed by atoms with Crippen LogP contribution in [0.25, 0.3) is 0 Å². The zero-order valence-electron chi connectivity index (χ0n) is 10.6. The maximum Gasteiger partial charge on any atom is 0.313 e. The number of carbonyl (C=O) groups is 2. The number of hydrogen-bond donors (Lipinski definition) is 2. The average Bonchev–Trinajstić information content (AvgIpc) is 2.41. The molecule has 6 nitrogen and oxygen atoms in total. The van der Waals surface area contributed by atoms with E-state index in [1.165, 1.54) is 6.20 Å². The maximum atomic E-state index is 11.5. The van der Waals surface area contributed by atoms with Gasteiger partial charge in [-0.3, -0.25) is 9.59 Å². The number of hydrogen-bond acceptors (Lipinski definition) is 4. The van der Waals surface area contributed by atoms with E-state index in [1.807, 2.05) is 6.92 Å². The second-order valence-electron chi connectivity index (χ2n) is 3.60. The van der Waals surface area contributed by atoms with Crippen LogP contribution >= 0.6 is 11.6 Å². The largest absolute Gasteiger partial charge is 0.382 e. The number of ether oxygens (including phenoxy) is 1. The molecule has 0 radical (unpaired) electrons. The second kappa shape index (κ2) is 8.44. The van der Waals surface area contributed by atoms with E-state index >= 15 is 0 Å². The number of halogens is 1. The molecule has 0 saturated heterocycles. The minimum atomic E-state index is -0.772. The van der Waals surface area contributed by atoms with Crippen LogP contribution < -0.4 is 10.6 Å². The summed E-state index contributed by atoms with van der Waals surface area (Å²) in [5.74, 6) is -1.48. The van der Waals surface area contributed by atoms with Crippen molar-refractivity contribution in [1.29, 1.82) is 0 Å². The van der Waals surface area contributed by atoms with E-state index in [-0.39, 0.29) is 5.15 Å². The first-order chi connectivity index (χ1) is 9.15. The molecule has 0 aromatic carbocycles. The van der Waals surface area contributed by atoms with Crippen LogP contribution in [-0.4, -0.2) is 36.6 Å². The molecule has 2 N–H and O–H groups in total. The highest BCUT2D eigenvalue weighted by Gasteiger charge is 2.14. The Balaban J connectivity index is 2.33. The van der Waals surface area contributed by atoms with Crippen molar-refractivity contribution in [3.63, 3.8) is 0 Å². The van der Waals surface area contributed by atoms with Crippen LogP contribution in [0.5, 0.6) is 0 Å². The number of aromatic nitrogens is 1. The molecule has 1 aromatic heterocycles. The molecule has 7 heteroatoms. The van der Waals surface area contributed by atoms with Crippen LogP contribution in [0, 0.1) is 0 Å². The fourth-order valence-electron chi connectivity index (χ4n) is 1.26. The van der Waals surface area contributed by atoms with Gasteiger partial charge in [0.15, 0.2) is 5.15 Å².